The molecule has 0 spiro atoms. The molecule has 20 heavy (non-hydrogen) atoms. The molecule has 0 aromatic carbocycles. The lowest BCUT2D eigenvalue weighted by Crippen LogP contribution is -2.36. The van der Waals surface area contributed by atoms with E-state index in [1.165, 1.54) is 0 Å². The second kappa shape index (κ2) is 7.25. The number of hydrogen-bond acceptors (Lipinski definition) is 7. The predicted molar refractivity (Wildman–Crippen MR) is 51.5 cm³/mol. The molecule has 0 atom stereocenters. The molecule has 0 radical (unpaired) electrons. The van der Waals surface area contributed by atoms with Gasteiger partial charge in [0.05, 0.1) is 23.1 Å². The van der Waals surface area contributed by atoms with Crippen LogP contribution in [0.3, 0.4) is 0 Å². The van der Waals surface area contributed by atoms with Gasteiger partial charge >= 0.3 is 12.1 Å². The number of hydrogen-bond donors (Lipinski definition) is 1. The highest BCUT2D eigenvalue weighted by atomic mass is 19.3. The summed E-state index contributed by atoms with van der Waals surface area (Å²) in [7, 11) is 0. The lowest BCUT2D eigenvalue weighted by Gasteiger charge is -2.13. The summed E-state index contributed by atoms with van der Waals surface area (Å²) in [5.41, 5.74) is 0. The van der Waals surface area contributed by atoms with Crippen LogP contribution in [0.5, 0.6) is 0 Å². The molecule has 13 heteroatoms. The van der Waals surface area contributed by atoms with Crippen LogP contribution in [0.4, 0.5) is 17.6 Å². The van der Waals surface area contributed by atoms with Gasteiger partial charge in [0.1, 0.15) is 6.10 Å². The Morgan fingerprint density at radius 2 is 1.25 bits per heavy atom. The number of rotatable bonds is 10. The lowest BCUT2D eigenvalue weighted by atomic mass is 10.4. The van der Waals surface area contributed by atoms with E-state index in [4.69, 9.17) is 5.11 Å². The standard InChI is InChI=1S/C7H10F4N2O7/c8-6(9,12(15)16)3-19-1-5(14)2-20-4-7(10,11)13(17)18/h5,14H,1-4H2. The van der Waals surface area contributed by atoms with Gasteiger partial charge in [0.2, 0.25) is 0 Å². The van der Waals surface area contributed by atoms with E-state index in [2.05, 4.69) is 9.47 Å². The highest BCUT2D eigenvalue weighted by molar-refractivity contribution is 4.56. The molecule has 118 valence electrons. The Morgan fingerprint density at radius 3 is 1.50 bits per heavy atom. The monoisotopic (exact) mass is 310 g/mol. The number of nitro groups is 2. The van der Waals surface area contributed by atoms with E-state index in [1.54, 1.807) is 0 Å². The third kappa shape index (κ3) is 6.53. The minimum absolute atomic E-state index is 0.854. The summed E-state index contributed by atoms with van der Waals surface area (Å²) in [4.78, 5) is 15.8. The van der Waals surface area contributed by atoms with Crippen LogP contribution in [0.15, 0.2) is 0 Å². The fourth-order valence-electron chi connectivity index (χ4n) is 0.789. The van der Waals surface area contributed by atoms with Gasteiger partial charge in [-0.25, -0.2) is 0 Å². The van der Waals surface area contributed by atoms with E-state index in [9.17, 15) is 37.8 Å². The van der Waals surface area contributed by atoms with Gasteiger partial charge in [-0.3, -0.25) is 20.2 Å². The zero-order chi connectivity index (χ0) is 16.0. The summed E-state index contributed by atoms with van der Waals surface area (Å²) >= 11 is 0. The maximum Gasteiger partial charge on any atom is 0.534 e. The van der Waals surface area contributed by atoms with Crippen molar-refractivity contribution in [1.82, 2.24) is 0 Å². The average molecular weight is 310 g/mol. The van der Waals surface area contributed by atoms with Gasteiger partial charge in [-0.15, -0.1) is 17.6 Å². The normalized spacial score (nSPS) is 12.7. The van der Waals surface area contributed by atoms with Gasteiger partial charge < -0.3 is 14.6 Å². The summed E-state index contributed by atoms with van der Waals surface area (Å²) in [5.74, 6) is 0. The Balaban J connectivity index is 3.89. The minimum Gasteiger partial charge on any atom is -0.388 e. The van der Waals surface area contributed by atoms with Crippen LogP contribution in [-0.2, 0) is 9.47 Å². The number of nitrogens with zero attached hydrogens (tertiary/aromatic N) is 2. The summed E-state index contributed by atoms with van der Waals surface area (Å²) in [5, 5.41) is 28.6. The molecule has 0 aromatic rings. The highest BCUT2D eigenvalue weighted by Crippen LogP contribution is 2.15. The number of alkyl halides is 4. The largest absolute Gasteiger partial charge is 0.534 e. The summed E-state index contributed by atoms with van der Waals surface area (Å²) in [6, 6.07) is -8.70. The summed E-state index contributed by atoms with van der Waals surface area (Å²) in [6.45, 7) is -4.95. The van der Waals surface area contributed by atoms with Gasteiger partial charge in [-0.1, -0.05) is 0 Å². The average Bonchev–Trinajstić information content (AvgIpc) is 2.27. The SMILES string of the molecule is O=[N+]([O-])C(F)(F)COCC(O)COCC(F)(F)[N+](=O)[O-]. The van der Waals surface area contributed by atoms with Gasteiger partial charge in [0.15, 0.2) is 13.2 Å². The molecule has 0 unspecified atom stereocenters. The lowest BCUT2D eigenvalue weighted by molar-refractivity contribution is -0.647. The Labute approximate surface area is 108 Å². The molecule has 0 saturated carbocycles. The Hall–Kier alpha value is -1.60. The first kappa shape index (κ1) is 18.4. The van der Waals surface area contributed by atoms with Crippen molar-refractivity contribution in [1.29, 1.82) is 0 Å². The molecular weight excluding hydrogens is 300 g/mol. The molecule has 0 bridgehead atoms. The molecule has 0 fully saturated rings. The van der Waals surface area contributed by atoms with Gasteiger partial charge in [0.25, 0.3) is 0 Å². The Kier molecular flexibility index (Phi) is 6.67. The first-order valence-electron chi connectivity index (χ1n) is 4.87. The molecular formula is C7H10F4N2O7. The van der Waals surface area contributed by atoms with Crippen LogP contribution >= 0.6 is 0 Å². The van der Waals surface area contributed by atoms with E-state index in [0.717, 1.165) is 0 Å². The summed E-state index contributed by atoms with van der Waals surface area (Å²) in [6.07, 6.45) is -1.65. The van der Waals surface area contributed by atoms with Crippen molar-refractivity contribution in [2.75, 3.05) is 26.4 Å². The molecule has 9 nitrogen and oxygen atoms in total. The van der Waals surface area contributed by atoms with Crippen molar-refractivity contribution in [3.05, 3.63) is 20.2 Å². The van der Waals surface area contributed by atoms with Gasteiger partial charge in [-0.2, -0.15) is 0 Å². The molecule has 0 heterocycles. The van der Waals surface area contributed by atoms with Crippen LogP contribution in [-0.4, -0.2) is 59.6 Å². The molecule has 0 aliphatic heterocycles. The number of aliphatic hydroxyl groups is 1. The van der Waals surface area contributed by atoms with E-state index < -0.39 is 54.5 Å². The van der Waals surface area contributed by atoms with Crippen LogP contribution in [0.2, 0.25) is 0 Å². The third-order valence-electron chi connectivity index (χ3n) is 1.71. The zero-order valence-electron chi connectivity index (χ0n) is 9.71. The van der Waals surface area contributed by atoms with E-state index >= 15 is 0 Å². The van der Waals surface area contributed by atoms with Crippen LogP contribution in [0.25, 0.3) is 0 Å². The first-order chi connectivity index (χ1) is 8.99. The van der Waals surface area contributed by atoms with Gasteiger partial charge in [0, 0.05) is 0 Å². The molecule has 0 amide bonds. The molecule has 0 aliphatic carbocycles. The van der Waals surface area contributed by atoms with Crippen LogP contribution in [0, 0.1) is 20.2 Å². The highest BCUT2D eigenvalue weighted by Gasteiger charge is 2.45. The Morgan fingerprint density at radius 1 is 0.950 bits per heavy atom. The predicted octanol–water partition coefficient (Wildman–Crippen LogP) is 0.119. The van der Waals surface area contributed by atoms with Crippen molar-refractivity contribution < 1.29 is 42.0 Å². The number of halogens is 4. The maximum atomic E-state index is 12.4. The molecule has 0 aromatic heterocycles. The molecule has 1 N–H and O–H groups in total. The topological polar surface area (TPSA) is 125 Å². The van der Waals surface area contributed by atoms with E-state index in [0.29, 0.717) is 0 Å². The van der Waals surface area contributed by atoms with Crippen molar-refractivity contribution >= 4 is 0 Å². The third-order valence-corrected chi connectivity index (χ3v) is 1.71. The van der Waals surface area contributed by atoms with Crippen molar-refractivity contribution in [3.8, 4) is 0 Å². The van der Waals surface area contributed by atoms with Crippen molar-refractivity contribution in [3.63, 3.8) is 0 Å². The number of aliphatic hydroxyl groups excluding tert-OH is 1. The number of ether oxygens (including phenoxy) is 2. The second-order valence-corrected chi connectivity index (χ2v) is 3.53. The molecule has 0 saturated heterocycles. The van der Waals surface area contributed by atoms with Gasteiger partial charge in [-0.05, 0) is 0 Å². The Bertz CT molecular complexity index is 322. The van der Waals surface area contributed by atoms with E-state index in [1.807, 2.05) is 0 Å². The van der Waals surface area contributed by atoms with E-state index in [-0.39, 0.29) is 0 Å². The zero-order valence-corrected chi connectivity index (χ0v) is 9.71. The minimum atomic E-state index is -4.35. The summed E-state index contributed by atoms with van der Waals surface area (Å²) < 4.78 is 57.7. The fourth-order valence-corrected chi connectivity index (χ4v) is 0.789. The molecule has 0 rings (SSSR count). The fraction of sp³-hybridized carbons (Fsp3) is 1.00. The quantitative estimate of drug-likeness (QED) is 0.263. The first-order valence-corrected chi connectivity index (χ1v) is 4.87. The van der Waals surface area contributed by atoms with Crippen LogP contribution in [0.1, 0.15) is 0 Å². The van der Waals surface area contributed by atoms with Crippen LogP contribution < -0.4 is 0 Å². The smallest absolute Gasteiger partial charge is 0.388 e. The van der Waals surface area contributed by atoms with Crippen molar-refractivity contribution in [2.24, 2.45) is 0 Å². The molecule has 0 aliphatic rings. The second-order valence-electron chi connectivity index (χ2n) is 3.53. The maximum absolute atomic E-state index is 12.4. The van der Waals surface area contributed by atoms with Crippen molar-refractivity contribution in [2.45, 2.75) is 18.2 Å².